The van der Waals surface area contributed by atoms with Crippen LogP contribution in [-0.4, -0.2) is 71.9 Å². The van der Waals surface area contributed by atoms with Crippen LogP contribution in [0.25, 0.3) is 0 Å². The molecule has 8 heteroatoms. The van der Waals surface area contributed by atoms with E-state index in [2.05, 4.69) is 15.0 Å². The molecule has 0 aliphatic carbocycles. The SMILES string of the molecule is CN(C)S(=O)(=O)CCCN1CCCC(Cn2cncn2)C1. The molecule has 2 rings (SSSR count). The molecule has 1 aromatic rings. The van der Waals surface area contributed by atoms with Crippen molar-refractivity contribution in [3.05, 3.63) is 12.7 Å². The van der Waals surface area contributed by atoms with Gasteiger partial charge in [0, 0.05) is 27.2 Å². The second kappa shape index (κ2) is 7.33. The van der Waals surface area contributed by atoms with Crippen LogP contribution in [-0.2, 0) is 16.6 Å². The molecule has 120 valence electrons. The molecule has 0 N–H and O–H groups in total. The minimum atomic E-state index is -3.07. The van der Waals surface area contributed by atoms with Crippen molar-refractivity contribution in [1.82, 2.24) is 24.0 Å². The van der Waals surface area contributed by atoms with Gasteiger partial charge >= 0.3 is 0 Å². The highest BCUT2D eigenvalue weighted by atomic mass is 32.2. The molecular weight excluding hydrogens is 290 g/mol. The van der Waals surface area contributed by atoms with E-state index >= 15 is 0 Å². The van der Waals surface area contributed by atoms with E-state index in [4.69, 9.17) is 0 Å². The second-order valence-electron chi connectivity index (χ2n) is 5.88. The quantitative estimate of drug-likeness (QED) is 0.722. The number of piperidine rings is 1. The maximum atomic E-state index is 11.7. The normalized spacial score (nSPS) is 21.0. The van der Waals surface area contributed by atoms with Crippen LogP contribution in [0.15, 0.2) is 12.7 Å². The highest BCUT2D eigenvalue weighted by molar-refractivity contribution is 7.89. The van der Waals surface area contributed by atoms with Gasteiger partial charge in [0.25, 0.3) is 0 Å². The topological polar surface area (TPSA) is 71.3 Å². The first-order valence-electron chi connectivity index (χ1n) is 7.42. The first-order chi connectivity index (χ1) is 9.97. The molecule has 2 heterocycles. The fourth-order valence-corrected chi connectivity index (χ4v) is 3.61. The Kier molecular flexibility index (Phi) is 5.72. The average Bonchev–Trinajstić information content (AvgIpc) is 2.91. The van der Waals surface area contributed by atoms with E-state index in [1.165, 1.54) is 17.1 Å². The zero-order valence-electron chi connectivity index (χ0n) is 12.8. The summed E-state index contributed by atoms with van der Waals surface area (Å²) in [5.74, 6) is 0.801. The third-order valence-electron chi connectivity index (χ3n) is 3.95. The summed E-state index contributed by atoms with van der Waals surface area (Å²) in [6, 6.07) is 0. The van der Waals surface area contributed by atoms with Gasteiger partial charge in [-0.05, 0) is 38.3 Å². The van der Waals surface area contributed by atoms with Gasteiger partial charge in [0.15, 0.2) is 0 Å². The summed E-state index contributed by atoms with van der Waals surface area (Å²) in [6.07, 6.45) is 6.37. The fourth-order valence-electron chi connectivity index (χ4n) is 2.75. The van der Waals surface area contributed by atoms with Gasteiger partial charge in [0.05, 0.1) is 5.75 Å². The summed E-state index contributed by atoms with van der Waals surface area (Å²) in [5.41, 5.74) is 0. The molecule has 7 nitrogen and oxygen atoms in total. The fraction of sp³-hybridized carbons (Fsp3) is 0.846. The highest BCUT2D eigenvalue weighted by Crippen LogP contribution is 2.18. The molecule has 1 aromatic heterocycles. The molecule has 1 fully saturated rings. The largest absolute Gasteiger partial charge is 0.303 e. The van der Waals surface area contributed by atoms with E-state index in [-0.39, 0.29) is 5.75 Å². The van der Waals surface area contributed by atoms with Crippen LogP contribution in [0.3, 0.4) is 0 Å². The molecule has 0 aromatic carbocycles. The van der Waals surface area contributed by atoms with Gasteiger partial charge in [-0.15, -0.1) is 0 Å². The van der Waals surface area contributed by atoms with Gasteiger partial charge in [-0.2, -0.15) is 5.10 Å². The van der Waals surface area contributed by atoms with E-state index in [1.54, 1.807) is 26.7 Å². The molecule has 21 heavy (non-hydrogen) atoms. The molecule has 0 bridgehead atoms. The smallest absolute Gasteiger partial charge is 0.213 e. The number of hydrogen-bond acceptors (Lipinski definition) is 5. The summed E-state index contributed by atoms with van der Waals surface area (Å²) < 4.78 is 26.7. The average molecular weight is 315 g/mol. The number of rotatable bonds is 7. The van der Waals surface area contributed by atoms with Crippen LogP contribution in [0, 0.1) is 5.92 Å². The Morgan fingerprint density at radius 3 is 2.86 bits per heavy atom. The molecule has 1 saturated heterocycles. The van der Waals surface area contributed by atoms with Gasteiger partial charge in [0.1, 0.15) is 12.7 Å². The van der Waals surface area contributed by atoms with Crippen molar-refractivity contribution < 1.29 is 8.42 Å². The zero-order chi connectivity index (χ0) is 15.3. The highest BCUT2D eigenvalue weighted by Gasteiger charge is 2.21. The molecule has 0 saturated carbocycles. The Labute approximate surface area is 127 Å². The third-order valence-corrected chi connectivity index (χ3v) is 5.87. The lowest BCUT2D eigenvalue weighted by atomic mass is 9.98. The lowest BCUT2D eigenvalue weighted by Gasteiger charge is -2.32. The Morgan fingerprint density at radius 2 is 2.19 bits per heavy atom. The molecule has 1 aliphatic rings. The minimum absolute atomic E-state index is 0.226. The van der Waals surface area contributed by atoms with Crippen molar-refractivity contribution in [1.29, 1.82) is 0 Å². The van der Waals surface area contributed by atoms with Crippen LogP contribution in [0.4, 0.5) is 0 Å². The summed E-state index contributed by atoms with van der Waals surface area (Å²) in [5, 5.41) is 4.15. The van der Waals surface area contributed by atoms with Gasteiger partial charge < -0.3 is 4.90 Å². The van der Waals surface area contributed by atoms with Crippen LogP contribution in [0.2, 0.25) is 0 Å². The minimum Gasteiger partial charge on any atom is -0.303 e. The second-order valence-corrected chi connectivity index (χ2v) is 8.18. The van der Waals surface area contributed by atoms with Crippen LogP contribution in [0.5, 0.6) is 0 Å². The van der Waals surface area contributed by atoms with Crippen molar-refractivity contribution in [3.8, 4) is 0 Å². The number of sulfonamides is 1. The number of aromatic nitrogens is 3. The van der Waals surface area contributed by atoms with E-state index in [9.17, 15) is 8.42 Å². The summed E-state index contributed by atoms with van der Waals surface area (Å²) in [4.78, 5) is 6.34. The molecule has 1 unspecified atom stereocenters. The van der Waals surface area contributed by atoms with Crippen molar-refractivity contribution in [3.63, 3.8) is 0 Å². The Bertz CT molecular complexity index is 515. The van der Waals surface area contributed by atoms with Crippen molar-refractivity contribution in [2.75, 3.05) is 39.5 Å². The van der Waals surface area contributed by atoms with E-state index in [1.807, 2.05) is 4.68 Å². The van der Waals surface area contributed by atoms with Crippen molar-refractivity contribution in [2.24, 2.45) is 5.92 Å². The lowest BCUT2D eigenvalue weighted by molar-refractivity contribution is 0.160. The zero-order valence-corrected chi connectivity index (χ0v) is 13.7. The molecule has 1 atom stereocenters. The first-order valence-corrected chi connectivity index (χ1v) is 9.03. The predicted molar refractivity (Wildman–Crippen MR) is 81.3 cm³/mol. The first kappa shape index (κ1) is 16.4. The van der Waals surface area contributed by atoms with Crippen LogP contribution >= 0.6 is 0 Å². The summed E-state index contributed by atoms with van der Waals surface area (Å²) >= 11 is 0. The Hall–Kier alpha value is -0.990. The van der Waals surface area contributed by atoms with Gasteiger partial charge in [0.2, 0.25) is 10.0 Å². The van der Waals surface area contributed by atoms with E-state index < -0.39 is 10.0 Å². The maximum absolute atomic E-state index is 11.7. The Morgan fingerprint density at radius 1 is 1.38 bits per heavy atom. The monoisotopic (exact) mass is 315 g/mol. The van der Waals surface area contributed by atoms with E-state index in [0.29, 0.717) is 12.3 Å². The van der Waals surface area contributed by atoms with Crippen LogP contribution < -0.4 is 0 Å². The standard InChI is InChI=1S/C13H25N5O2S/c1-16(2)21(19,20)8-4-7-17-6-3-5-13(9-17)10-18-12-14-11-15-18/h11-13H,3-10H2,1-2H3. The molecule has 0 amide bonds. The van der Waals surface area contributed by atoms with Gasteiger partial charge in [-0.1, -0.05) is 0 Å². The van der Waals surface area contributed by atoms with Crippen molar-refractivity contribution >= 4 is 10.0 Å². The van der Waals surface area contributed by atoms with Gasteiger partial charge in [-0.25, -0.2) is 17.7 Å². The predicted octanol–water partition coefficient (Wildman–Crippen LogP) is 0.272. The lowest BCUT2D eigenvalue weighted by Crippen LogP contribution is -2.38. The van der Waals surface area contributed by atoms with Gasteiger partial charge in [-0.3, -0.25) is 4.68 Å². The summed E-state index contributed by atoms with van der Waals surface area (Å²) in [6.45, 7) is 3.82. The molecule has 0 radical (unpaired) electrons. The molecular formula is C13H25N5O2S. The summed E-state index contributed by atoms with van der Waals surface area (Å²) in [7, 11) is 0.106. The van der Waals surface area contributed by atoms with Crippen molar-refractivity contribution in [2.45, 2.75) is 25.8 Å². The van der Waals surface area contributed by atoms with Crippen LogP contribution in [0.1, 0.15) is 19.3 Å². The molecule has 0 spiro atoms. The molecule has 1 aliphatic heterocycles. The third kappa shape index (κ3) is 5.05. The number of hydrogen-bond donors (Lipinski definition) is 0. The number of nitrogens with zero attached hydrogens (tertiary/aromatic N) is 5. The Balaban J connectivity index is 1.74. The maximum Gasteiger partial charge on any atom is 0.213 e. The van der Waals surface area contributed by atoms with E-state index in [0.717, 1.165) is 26.2 Å². The number of likely N-dealkylation sites (tertiary alicyclic amines) is 1.